The molecule has 172 valence electrons. The monoisotopic (exact) mass is 456 g/mol. The zero-order valence-corrected chi connectivity index (χ0v) is 19.1. The molecule has 2 aromatic heterocycles. The molecule has 0 aliphatic rings. The lowest BCUT2D eigenvalue weighted by Crippen LogP contribution is -2.37. The SMILES string of the molecule is COc1cccc(-c2nc3cnc(-c4cccc(C=O)c4)cc3c(=O)n2CC(=O)NC(C)C)c1. The molecule has 0 saturated carbocycles. The van der Waals surface area contributed by atoms with Crippen LogP contribution in [0.2, 0.25) is 0 Å². The molecule has 0 aliphatic heterocycles. The fourth-order valence-corrected chi connectivity index (χ4v) is 3.69. The summed E-state index contributed by atoms with van der Waals surface area (Å²) in [5.41, 5.74) is 2.41. The summed E-state index contributed by atoms with van der Waals surface area (Å²) in [6.45, 7) is 3.52. The first kappa shape index (κ1) is 22.8. The van der Waals surface area contributed by atoms with Gasteiger partial charge in [0.2, 0.25) is 5.91 Å². The van der Waals surface area contributed by atoms with Gasteiger partial charge in [-0.15, -0.1) is 0 Å². The van der Waals surface area contributed by atoms with Gasteiger partial charge in [-0.1, -0.05) is 30.3 Å². The number of aldehydes is 1. The highest BCUT2D eigenvalue weighted by molar-refractivity contribution is 5.85. The first-order valence-corrected chi connectivity index (χ1v) is 10.8. The standard InChI is InChI=1S/C26H24N4O4/c1-16(2)28-24(32)14-30-25(19-8-5-9-20(11-19)34-3)29-23-13-27-22(12-21(23)26(30)33)18-7-4-6-17(10-18)15-31/h4-13,15-16H,14H2,1-3H3,(H,28,32). The Morgan fingerprint density at radius 3 is 2.62 bits per heavy atom. The van der Waals surface area contributed by atoms with Crippen LogP contribution in [0.3, 0.4) is 0 Å². The summed E-state index contributed by atoms with van der Waals surface area (Å²) >= 11 is 0. The van der Waals surface area contributed by atoms with E-state index >= 15 is 0 Å². The smallest absolute Gasteiger partial charge is 0.262 e. The third kappa shape index (κ3) is 4.71. The molecule has 34 heavy (non-hydrogen) atoms. The Labute approximate surface area is 196 Å². The van der Waals surface area contributed by atoms with Crippen molar-refractivity contribution in [2.45, 2.75) is 26.4 Å². The van der Waals surface area contributed by atoms with Crippen molar-refractivity contribution in [1.82, 2.24) is 19.9 Å². The molecule has 4 aromatic rings. The van der Waals surface area contributed by atoms with Crippen LogP contribution in [0.15, 0.2) is 65.6 Å². The number of hydrogen-bond acceptors (Lipinski definition) is 6. The summed E-state index contributed by atoms with van der Waals surface area (Å²) in [5, 5.41) is 3.15. The molecule has 8 nitrogen and oxygen atoms in total. The lowest BCUT2D eigenvalue weighted by molar-refractivity contribution is -0.122. The highest BCUT2D eigenvalue weighted by Gasteiger charge is 2.17. The van der Waals surface area contributed by atoms with E-state index in [1.165, 1.54) is 10.8 Å². The van der Waals surface area contributed by atoms with Gasteiger partial charge < -0.3 is 10.1 Å². The second-order valence-corrected chi connectivity index (χ2v) is 8.11. The number of rotatable bonds is 7. The largest absolute Gasteiger partial charge is 0.497 e. The molecule has 0 atom stereocenters. The Kier molecular flexibility index (Phi) is 6.49. The van der Waals surface area contributed by atoms with Crippen molar-refractivity contribution in [1.29, 1.82) is 0 Å². The van der Waals surface area contributed by atoms with Gasteiger partial charge in [-0.05, 0) is 38.1 Å². The molecule has 0 unspecified atom stereocenters. The van der Waals surface area contributed by atoms with E-state index in [1.54, 1.807) is 55.6 Å². The van der Waals surface area contributed by atoms with Crippen molar-refractivity contribution in [2.24, 2.45) is 0 Å². The number of ether oxygens (including phenoxy) is 1. The molecular formula is C26H24N4O4. The second kappa shape index (κ2) is 9.66. The van der Waals surface area contributed by atoms with E-state index in [4.69, 9.17) is 9.72 Å². The van der Waals surface area contributed by atoms with Gasteiger partial charge in [-0.3, -0.25) is 23.9 Å². The molecule has 4 rings (SSSR count). The minimum atomic E-state index is -0.364. The number of methoxy groups -OCH3 is 1. The van der Waals surface area contributed by atoms with Gasteiger partial charge in [0.25, 0.3) is 5.56 Å². The fraction of sp³-hybridized carbons (Fsp3) is 0.192. The average molecular weight is 457 g/mol. The second-order valence-electron chi connectivity index (χ2n) is 8.11. The summed E-state index contributed by atoms with van der Waals surface area (Å²) in [6.07, 6.45) is 2.29. The van der Waals surface area contributed by atoms with Gasteiger partial charge in [-0.2, -0.15) is 0 Å². The average Bonchev–Trinajstić information content (AvgIpc) is 2.85. The van der Waals surface area contributed by atoms with E-state index in [-0.39, 0.29) is 24.1 Å². The predicted octanol–water partition coefficient (Wildman–Crippen LogP) is 3.47. The maximum Gasteiger partial charge on any atom is 0.262 e. The van der Waals surface area contributed by atoms with Crippen LogP contribution in [0.5, 0.6) is 5.75 Å². The van der Waals surface area contributed by atoms with Crippen molar-refractivity contribution in [3.63, 3.8) is 0 Å². The topological polar surface area (TPSA) is 103 Å². The number of fused-ring (bicyclic) bond motifs is 1. The number of pyridine rings is 1. The zero-order chi connectivity index (χ0) is 24.2. The molecule has 0 saturated heterocycles. The summed E-state index contributed by atoms with van der Waals surface area (Å²) in [6, 6.07) is 15.7. The number of nitrogens with zero attached hydrogens (tertiary/aromatic N) is 3. The van der Waals surface area contributed by atoms with Gasteiger partial charge in [0.05, 0.1) is 29.9 Å². The molecule has 2 aromatic carbocycles. The normalized spacial score (nSPS) is 10.9. The number of aromatic nitrogens is 3. The number of nitrogens with one attached hydrogen (secondary N) is 1. The lowest BCUT2D eigenvalue weighted by atomic mass is 10.1. The maximum absolute atomic E-state index is 13.6. The predicted molar refractivity (Wildman–Crippen MR) is 130 cm³/mol. The lowest BCUT2D eigenvalue weighted by Gasteiger charge is -2.15. The highest BCUT2D eigenvalue weighted by atomic mass is 16.5. The van der Waals surface area contributed by atoms with Gasteiger partial charge in [0.15, 0.2) is 0 Å². The Morgan fingerprint density at radius 2 is 1.88 bits per heavy atom. The van der Waals surface area contributed by atoms with E-state index in [1.807, 2.05) is 19.9 Å². The first-order valence-electron chi connectivity index (χ1n) is 10.8. The highest BCUT2D eigenvalue weighted by Crippen LogP contribution is 2.25. The molecule has 0 radical (unpaired) electrons. The Hall–Kier alpha value is -4.33. The van der Waals surface area contributed by atoms with E-state index < -0.39 is 0 Å². The third-order valence-electron chi connectivity index (χ3n) is 5.24. The molecule has 1 N–H and O–H groups in total. The van der Waals surface area contributed by atoms with Gasteiger partial charge in [0.1, 0.15) is 24.4 Å². The van der Waals surface area contributed by atoms with Crippen molar-refractivity contribution in [3.05, 3.63) is 76.7 Å². The molecule has 0 spiro atoms. The van der Waals surface area contributed by atoms with Crippen LogP contribution < -0.4 is 15.6 Å². The number of hydrogen-bond donors (Lipinski definition) is 1. The van der Waals surface area contributed by atoms with Gasteiger partial charge in [0, 0.05) is 22.7 Å². The van der Waals surface area contributed by atoms with E-state index in [9.17, 15) is 14.4 Å². The van der Waals surface area contributed by atoms with Crippen LogP contribution in [0, 0.1) is 0 Å². The minimum absolute atomic E-state index is 0.0715. The Morgan fingerprint density at radius 1 is 1.12 bits per heavy atom. The molecule has 0 aliphatic carbocycles. The molecule has 0 bridgehead atoms. The van der Waals surface area contributed by atoms with E-state index in [0.717, 1.165) is 6.29 Å². The molecular weight excluding hydrogens is 432 g/mol. The van der Waals surface area contributed by atoms with Crippen molar-refractivity contribution < 1.29 is 14.3 Å². The Balaban J connectivity index is 1.91. The van der Waals surface area contributed by atoms with Crippen LogP contribution in [0.25, 0.3) is 33.5 Å². The van der Waals surface area contributed by atoms with Crippen LogP contribution >= 0.6 is 0 Å². The van der Waals surface area contributed by atoms with Crippen molar-refractivity contribution in [3.8, 4) is 28.4 Å². The number of carbonyl (C=O) groups excluding carboxylic acids is 2. The van der Waals surface area contributed by atoms with Crippen LogP contribution in [-0.4, -0.2) is 39.9 Å². The van der Waals surface area contributed by atoms with Crippen LogP contribution in [0.1, 0.15) is 24.2 Å². The Bertz CT molecular complexity index is 1440. The molecule has 8 heteroatoms. The maximum atomic E-state index is 13.6. The van der Waals surface area contributed by atoms with Crippen molar-refractivity contribution >= 4 is 23.1 Å². The van der Waals surface area contributed by atoms with Crippen molar-refractivity contribution in [2.75, 3.05) is 7.11 Å². The third-order valence-corrected chi connectivity index (χ3v) is 5.24. The summed E-state index contributed by atoms with van der Waals surface area (Å²) in [4.78, 5) is 46.6. The summed E-state index contributed by atoms with van der Waals surface area (Å²) < 4.78 is 6.68. The number of carbonyl (C=O) groups is 2. The zero-order valence-electron chi connectivity index (χ0n) is 19.1. The van der Waals surface area contributed by atoms with E-state index in [2.05, 4.69) is 10.3 Å². The van der Waals surface area contributed by atoms with Crippen LogP contribution in [0.4, 0.5) is 0 Å². The molecule has 0 fully saturated rings. The van der Waals surface area contributed by atoms with Gasteiger partial charge in [-0.25, -0.2) is 4.98 Å². The first-order chi connectivity index (χ1) is 16.4. The van der Waals surface area contributed by atoms with E-state index in [0.29, 0.717) is 44.9 Å². The fourth-order valence-electron chi connectivity index (χ4n) is 3.69. The van der Waals surface area contributed by atoms with Crippen LogP contribution in [-0.2, 0) is 11.3 Å². The molecule has 2 heterocycles. The molecule has 1 amide bonds. The quantitative estimate of drug-likeness (QED) is 0.427. The van der Waals surface area contributed by atoms with Gasteiger partial charge >= 0.3 is 0 Å². The number of amides is 1. The summed E-state index contributed by atoms with van der Waals surface area (Å²) in [7, 11) is 1.56. The minimum Gasteiger partial charge on any atom is -0.497 e. The summed E-state index contributed by atoms with van der Waals surface area (Å²) in [5.74, 6) is 0.650. The number of benzene rings is 2.